The van der Waals surface area contributed by atoms with Gasteiger partial charge in [-0.25, -0.2) is 9.78 Å². The summed E-state index contributed by atoms with van der Waals surface area (Å²) >= 11 is 7.46. The Hall–Kier alpha value is -3.41. The van der Waals surface area contributed by atoms with Crippen LogP contribution < -0.4 is 10.1 Å². The molecule has 12 heteroatoms. The molecule has 1 aliphatic heterocycles. The zero-order valence-electron chi connectivity index (χ0n) is 21.3. The van der Waals surface area contributed by atoms with Gasteiger partial charge in [-0.15, -0.1) is 11.3 Å². The number of para-hydroxylation sites is 1. The van der Waals surface area contributed by atoms with Crippen LogP contribution in [0.2, 0.25) is 4.34 Å². The highest BCUT2D eigenvalue weighted by Gasteiger charge is 2.27. The average molecular weight is 558 g/mol. The van der Waals surface area contributed by atoms with Crippen LogP contribution in [-0.2, 0) is 11.3 Å². The molecule has 0 bridgehead atoms. The van der Waals surface area contributed by atoms with Crippen LogP contribution in [-0.4, -0.2) is 64.0 Å². The molecule has 1 amide bonds. The summed E-state index contributed by atoms with van der Waals surface area (Å²) < 4.78 is 17.9. The van der Waals surface area contributed by atoms with Gasteiger partial charge in [0.2, 0.25) is 5.82 Å². The number of hydrogen-bond donors (Lipinski definition) is 1. The van der Waals surface area contributed by atoms with Crippen LogP contribution >= 0.6 is 22.9 Å². The predicted molar refractivity (Wildman–Crippen MR) is 144 cm³/mol. The van der Waals surface area contributed by atoms with Crippen LogP contribution in [0.1, 0.15) is 43.0 Å². The molecule has 4 heterocycles. The number of benzene rings is 1. The normalized spacial score (nSPS) is 14.8. The first kappa shape index (κ1) is 26.2. The summed E-state index contributed by atoms with van der Waals surface area (Å²) in [5.41, 5.74) is 1.57. The van der Waals surface area contributed by atoms with Crippen LogP contribution in [0.3, 0.4) is 0 Å². The molecule has 38 heavy (non-hydrogen) atoms. The summed E-state index contributed by atoms with van der Waals surface area (Å²) in [6.45, 7) is 6.42. The number of nitrogens with one attached hydrogen (secondary N) is 1. The number of methoxy groups -OCH3 is 1. The number of piperidine rings is 1. The van der Waals surface area contributed by atoms with Gasteiger partial charge in [-0.3, -0.25) is 4.79 Å². The molecule has 0 aliphatic carbocycles. The topological polar surface area (TPSA) is 112 Å². The Labute approximate surface area is 228 Å². The minimum Gasteiger partial charge on any atom is -0.437 e. The number of imidazole rings is 1. The fraction of sp³-hybridized carbons (Fsp3) is 0.385. The highest BCUT2D eigenvalue weighted by molar-refractivity contribution is 7.19. The van der Waals surface area contributed by atoms with Gasteiger partial charge in [0.15, 0.2) is 11.5 Å². The third-order valence-electron chi connectivity index (χ3n) is 6.60. The molecule has 200 valence electrons. The number of amides is 1. The second-order valence-electron chi connectivity index (χ2n) is 9.37. The lowest BCUT2D eigenvalue weighted by molar-refractivity contribution is 0.0886. The van der Waals surface area contributed by atoms with Gasteiger partial charge in [0.05, 0.1) is 28.4 Å². The van der Waals surface area contributed by atoms with Crippen LogP contribution in [0, 0.1) is 0 Å². The number of aromatic nitrogens is 3. The molecule has 0 atom stereocenters. The van der Waals surface area contributed by atoms with E-state index in [0.717, 1.165) is 30.8 Å². The van der Waals surface area contributed by atoms with E-state index in [1.165, 1.54) is 18.4 Å². The van der Waals surface area contributed by atoms with Gasteiger partial charge in [-0.05, 0) is 51.0 Å². The Morgan fingerprint density at radius 2 is 2.03 bits per heavy atom. The van der Waals surface area contributed by atoms with Gasteiger partial charge in [-0.2, -0.15) is 0 Å². The van der Waals surface area contributed by atoms with Crippen molar-refractivity contribution in [2.24, 2.45) is 0 Å². The Morgan fingerprint density at radius 1 is 1.24 bits per heavy atom. The lowest BCUT2D eigenvalue weighted by Gasteiger charge is -2.34. The van der Waals surface area contributed by atoms with Crippen molar-refractivity contribution in [2.45, 2.75) is 45.3 Å². The van der Waals surface area contributed by atoms with Gasteiger partial charge in [0, 0.05) is 31.2 Å². The highest BCUT2D eigenvalue weighted by Crippen LogP contribution is 2.32. The Morgan fingerprint density at radius 3 is 2.71 bits per heavy atom. The number of ether oxygens (including phenoxy) is 2. The number of halogens is 1. The first-order chi connectivity index (χ1) is 18.3. The van der Waals surface area contributed by atoms with Crippen molar-refractivity contribution in [2.75, 3.05) is 20.2 Å². The van der Waals surface area contributed by atoms with E-state index in [9.17, 15) is 9.59 Å². The van der Waals surface area contributed by atoms with Crippen molar-refractivity contribution in [3.05, 3.63) is 52.3 Å². The van der Waals surface area contributed by atoms with Crippen LogP contribution in [0.4, 0.5) is 4.79 Å². The quantitative estimate of drug-likeness (QED) is 0.244. The number of carbonyl (C=O) groups excluding carboxylic acids is 2. The maximum Gasteiger partial charge on any atom is 0.513 e. The van der Waals surface area contributed by atoms with Gasteiger partial charge in [-0.1, -0.05) is 22.8 Å². The van der Waals surface area contributed by atoms with E-state index >= 15 is 0 Å². The van der Waals surface area contributed by atoms with Crippen molar-refractivity contribution >= 4 is 46.0 Å². The maximum absolute atomic E-state index is 13.5. The minimum absolute atomic E-state index is 0.0405. The molecule has 0 saturated carbocycles. The molecule has 3 aromatic heterocycles. The van der Waals surface area contributed by atoms with E-state index in [1.807, 2.05) is 18.2 Å². The van der Waals surface area contributed by atoms with E-state index in [-0.39, 0.29) is 30.1 Å². The first-order valence-electron chi connectivity index (χ1n) is 12.3. The number of nitrogens with zero attached hydrogens (tertiary/aromatic N) is 4. The lowest BCUT2D eigenvalue weighted by Crippen LogP contribution is -2.47. The maximum atomic E-state index is 13.5. The number of likely N-dealkylation sites (tertiary alicyclic amines) is 1. The molecule has 5 rings (SSSR count). The minimum atomic E-state index is -0.870. The number of carbonyl (C=O) groups is 2. The summed E-state index contributed by atoms with van der Waals surface area (Å²) in [4.78, 5) is 33.2. The molecule has 1 N–H and O–H groups in total. The third kappa shape index (κ3) is 5.54. The van der Waals surface area contributed by atoms with Crippen LogP contribution in [0.25, 0.3) is 21.7 Å². The van der Waals surface area contributed by atoms with E-state index in [4.69, 9.17) is 20.9 Å². The number of fused-ring (bicyclic) bond motifs is 1. The van der Waals surface area contributed by atoms with E-state index in [0.29, 0.717) is 32.9 Å². The van der Waals surface area contributed by atoms with Crippen LogP contribution in [0.5, 0.6) is 5.75 Å². The first-order valence-corrected chi connectivity index (χ1v) is 13.5. The smallest absolute Gasteiger partial charge is 0.437 e. The zero-order valence-corrected chi connectivity index (χ0v) is 22.8. The predicted octanol–water partition coefficient (Wildman–Crippen LogP) is 5.20. The molecule has 0 unspecified atom stereocenters. The summed E-state index contributed by atoms with van der Waals surface area (Å²) in [5.74, 6) is 0.665. The van der Waals surface area contributed by atoms with Gasteiger partial charge < -0.3 is 28.8 Å². The highest BCUT2D eigenvalue weighted by atomic mass is 35.5. The van der Waals surface area contributed by atoms with E-state index in [2.05, 4.69) is 38.9 Å². The Bertz CT molecular complexity index is 1450. The standard InChI is InChI=1S/C26H28ClN5O5S/c1-15(2)31-11-9-16(10-12-31)28-25(33)24-29-23-18(5-4-6-19(23)36-26(34)35-3)32(24)14-17-13-20(37-30-17)21-7-8-22(27)38-21/h4-8,13,15-16H,9-12,14H2,1-3H3,(H,28,33). The number of hydrogen-bond acceptors (Lipinski definition) is 9. The monoisotopic (exact) mass is 557 g/mol. The summed E-state index contributed by atoms with van der Waals surface area (Å²) in [6.07, 6.45) is 0.846. The molecule has 1 saturated heterocycles. The molecule has 1 aliphatic rings. The Kier molecular flexibility index (Phi) is 7.68. The molecule has 4 aromatic rings. The van der Waals surface area contributed by atoms with Gasteiger partial charge >= 0.3 is 6.16 Å². The largest absolute Gasteiger partial charge is 0.513 e. The van der Waals surface area contributed by atoms with Crippen molar-refractivity contribution < 1.29 is 23.6 Å². The molecule has 10 nitrogen and oxygen atoms in total. The second kappa shape index (κ2) is 11.1. The average Bonchev–Trinajstić information content (AvgIpc) is 3.64. The summed E-state index contributed by atoms with van der Waals surface area (Å²) in [5, 5.41) is 7.35. The van der Waals surface area contributed by atoms with E-state index < -0.39 is 6.16 Å². The fourth-order valence-electron chi connectivity index (χ4n) is 4.59. The SMILES string of the molecule is COC(=O)Oc1cccc2c1nc(C(=O)NC1CCN(C(C)C)CC1)n2Cc1cc(-c2ccc(Cl)s2)on1. The van der Waals surface area contributed by atoms with Crippen molar-refractivity contribution in [3.63, 3.8) is 0 Å². The third-order valence-corrected chi connectivity index (χ3v) is 7.84. The Balaban J connectivity index is 1.46. The zero-order chi connectivity index (χ0) is 26.8. The van der Waals surface area contributed by atoms with Crippen LogP contribution in [0.15, 0.2) is 40.9 Å². The van der Waals surface area contributed by atoms with Gasteiger partial charge in [0.1, 0.15) is 11.2 Å². The molecule has 1 fully saturated rings. The lowest BCUT2D eigenvalue weighted by atomic mass is 10.0. The number of thiophene rings is 1. The summed E-state index contributed by atoms with van der Waals surface area (Å²) in [6, 6.07) is 11.1. The summed E-state index contributed by atoms with van der Waals surface area (Å²) in [7, 11) is 1.23. The molecule has 1 aromatic carbocycles. The number of rotatable bonds is 7. The fourth-order valence-corrected chi connectivity index (χ4v) is 5.58. The van der Waals surface area contributed by atoms with E-state index in [1.54, 1.807) is 22.8 Å². The van der Waals surface area contributed by atoms with Crippen molar-refractivity contribution in [1.29, 1.82) is 0 Å². The van der Waals surface area contributed by atoms with Crippen molar-refractivity contribution in [1.82, 2.24) is 24.9 Å². The van der Waals surface area contributed by atoms with Gasteiger partial charge in [0.25, 0.3) is 5.91 Å². The molecular formula is C26H28ClN5O5S. The molecular weight excluding hydrogens is 530 g/mol. The molecule has 0 spiro atoms. The second-order valence-corrected chi connectivity index (χ2v) is 11.1. The van der Waals surface area contributed by atoms with Crippen molar-refractivity contribution in [3.8, 4) is 16.4 Å². The molecule has 0 radical (unpaired) electrons.